The fourth-order valence-corrected chi connectivity index (χ4v) is 2.63. The molecule has 27 heavy (non-hydrogen) atoms. The number of fused-ring (bicyclic) bond motifs is 1. The Morgan fingerprint density at radius 1 is 1.22 bits per heavy atom. The van der Waals surface area contributed by atoms with Crippen molar-refractivity contribution in [1.82, 2.24) is 9.55 Å². The summed E-state index contributed by atoms with van der Waals surface area (Å²) in [4.78, 5) is 28.6. The standard InChI is InChI=1S/C20H18N4O3/c21-10-3-4-11-27-16-7-5-6-15(12-16)23-19(25)14-24-18-9-2-1-8-17(18)22-13-20(24)26/h1-2,5-9,12-13H,3-4,11,14H2,(H,23,25). The lowest BCUT2D eigenvalue weighted by Crippen LogP contribution is -2.27. The third-order valence-electron chi connectivity index (χ3n) is 3.87. The van der Waals surface area contributed by atoms with Crippen molar-refractivity contribution in [2.24, 2.45) is 0 Å². The number of nitrogens with one attached hydrogen (secondary N) is 1. The van der Waals surface area contributed by atoms with Crippen molar-refractivity contribution < 1.29 is 9.53 Å². The third-order valence-corrected chi connectivity index (χ3v) is 3.87. The number of nitriles is 1. The molecule has 0 aliphatic carbocycles. The summed E-state index contributed by atoms with van der Waals surface area (Å²) in [5.41, 5.74) is 1.50. The molecule has 1 N–H and O–H groups in total. The van der Waals surface area contributed by atoms with Gasteiger partial charge in [-0.25, -0.2) is 4.98 Å². The molecule has 7 nitrogen and oxygen atoms in total. The number of para-hydroxylation sites is 2. The first-order valence-electron chi connectivity index (χ1n) is 8.51. The number of benzene rings is 2. The van der Waals surface area contributed by atoms with Crippen LogP contribution in [0.25, 0.3) is 11.0 Å². The lowest BCUT2D eigenvalue weighted by atomic mass is 10.3. The lowest BCUT2D eigenvalue weighted by molar-refractivity contribution is -0.116. The van der Waals surface area contributed by atoms with Crippen molar-refractivity contribution in [3.8, 4) is 11.8 Å². The van der Waals surface area contributed by atoms with Gasteiger partial charge in [-0.1, -0.05) is 18.2 Å². The highest BCUT2D eigenvalue weighted by Gasteiger charge is 2.09. The van der Waals surface area contributed by atoms with Gasteiger partial charge in [-0.2, -0.15) is 5.26 Å². The summed E-state index contributed by atoms with van der Waals surface area (Å²) in [6.45, 7) is 0.318. The molecule has 3 rings (SSSR count). The first-order valence-corrected chi connectivity index (χ1v) is 8.51. The number of nitrogens with zero attached hydrogens (tertiary/aromatic N) is 3. The van der Waals surface area contributed by atoms with Crippen LogP contribution in [0.2, 0.25) is 0 Å². The van der Waals surface area contributed by atoms with Gasteiger partial charge in [0.2, 0.25) is 5.91 Å². The van der Waals surface area contributed by atoms with Gasteiger partial charge in [0.15, 0.2) is 0 Å². The largest absolute Gasteiger partial charge is 0.493 e. The van der Waals surface area contributed by atoms with E-state index in [4.69, 9.17) is 10.00 Å². The molecule has 3 aromatic rings. The SMILES string of the molecule is N#CCCCOc1cccc(NC(=O)Cn2c(=O)cnc3ccccc32)c1. The van der Waals surface area contributed by atoms with Crippen molar-refractivity contribution in [2.75, 3.05) is 11.9 Å². The molecule has 1 heterocycles. The molecule has 0 radical (unpaired) electrons. The Morgan fingerprint density at radius 2 is 2.07 bits per heavy atom. The number of rotatable bonds is 7. The summed E-state index contributed by atoms with van der Waals surface area (Å²) < 4.78 is 6.95. The van der Waals surface area contributed by atoms with E-state index in [1.807, 2.05) is 6.07 Å². The zero-order valence-corrected chi connectivity index (χ0v) is 14.6. The predicted molar refractivity (Wildman–Crippen MR) is 101 cm³/mol. The number of ether oxygens (including phenoxy) is 1. The molecule has 0 atom stereocenters. The van der Waals surface area contributed by atoms with E-state index in [-0.39, 0.29) is 18.0 Å². The molecule has 0 saturated heterocycles. The molecule has 2 aromatic carbocycles. The number of amides is 1. The van der Waals surface area contributed by atoms with E-state index in [0.717, 1.165) is 0 Å². The van der Waals surface area contributed by atoms with Gasteiger partial charge in [0.05, 0.1) is 29.9 Å². The van der Waals surface area contributed by atoms with Gasteiger partial charge in [-0.15, -0.1) is 0 Å². The minimum absolute atomic E-state index is 0.116. The molecular weight excluding hydrogens is 344 g/mol. The van der Waals surface area contributed by atoms with E-state index in [1.54, 1.807) is 42.5 Å². The van der Waals surface area contributed by atoms with Gasteiger partial charge in [-0.05, 0) is 30.7 Å². The molecule has 0 fully saturated rings. The van der Waals surface area contributed by atoms with Crippen molar-refractivity contribution in [3.63, 3.8) is 0 Å². The normalized spacial score (nSPS) is 10.3. The zero-order valence-electron chi connectivity index (χ0n) is 14.6. The van der Waals surface area contributed by atoms with Crippen LogP contribution in [0.15, 0.2) is 59.5 Å². The molecule has 0 unspecified atom stereocenters. The molecule has 1 aromatic heterocycles. The summed E-state index contributed by atoms with van der Waals surface area (Å²) in [6.07, 6.45) is 2.29. The molecule has 0 aliphatic rings. The second-order valence-corrected chi connectivity index (χ2v) is 5.86. The average Bonchev–Trinajstić information content (AvgIpc) is 2.68. The maximum absolute atomic E-state index is 12.4. The zero-order chi connectivity index (χ0) is 19.1. The quantitative estimate of drug-likeness (QED) is 0.652. The van der Waals surface area contributed by atoms with E-state index in [0.29, 0.717) is 41.9 Å². The topological polar surface area (TPSA) is 97.0 Å². The van der Waals surface area contributed by atoms with E-state index < -0.39 is 0 Å². The van der Waals surface area contributed by atoms with Crippen LogP contribution in [0.4, 0.5) is 5.69 Å². The van der Waals surface area contributed by atoms with Gasteiger partial charge in [-0.3, -0.25) is 14.2 Å². The van der Waals surface area contributed by atoms with Crippen LogP contribution in [0.3, 0.4) is 0 Å². The molecular formula is C20H18N4O3. The highest BCUT2D eigenvalue weighted by atomic mass is 16.5. The van der Waals surface area contributed by atoms with Crippen LogP contribution in [0, 0.1) is 11.3 Å². The molecule has 0 bridgehead atoms. The van der Waals surface area contributed by atoms with Gasteiger partial charge >= 0.3 is 0 Å². The lowest BCUT2D eigenvalue weighted by Gasteiger charge is -2.11. The van der Waals surface area contributed by atoms with E-state index >= 15 is 0 Å². The highest BCUT2D eigenvalue weighted by molar-refractivity contribution is 5.91. The first kappa shape index (κ1) is 18.1. The second-order valence-electron chi connectivity index (χ2n) is 5.86. The molecule has 136 valence electrons. The fraction of sp³-hybridized carbons (Fsp3) is 0.200. The molecule has 7 heteroatoms. The summed E-state index contributed by atoms with van der Waals surface area (Å²) in [5, 5.41) is 11.3. The number of carbonyl (C=O) groups excluding carboxylic acids is 1. The first-order chi connectivity index (χ1) is 13.2. The third kappa shape index (κ3) is 4.70. The van der Waals surface area contributed by atoms with Crippen molar-refractivity contribution >= 4 is 22.6 Å². The maximum atomic E-state index is 12.4. The van der Waals surface area contributed by atoms with Crippen molar-refractivity contribution in [1.29, 1.82) is 5.26 Å². The monoisotopic (exact) mass is 362 g/mol. The molecule has 0 saturated carbocycles. The van der Waals surface area contributed by atoms with Crippen LogP contribution < -0.4 is 15.6 Å². The Morgan fingerprint density at radius 3 is 2.93 bits per heavy atom. The molecule has 0 spiro atoms. The smallest absolute Gasteiger partial charge is 0.269 e. The van der Waals surface area contributed by atoms with Gasteiger partial charge in [0.25, 0.3) is 5.56 Å². The van der Waals surface area contributed by atoms with Crippen LogP contribution in [-0.4, -0.2) is 22.1 Å². The Kier molecular flexibility index (Phi) is 5.80. The Balaban J connectivity index is 1.69. The van der Waals surface area contributed by atoms with Crippen LogP contribution >= 0.6 is 0 Å². The van der Waals surface area contributed by atoms with E-state index in [9.17, 15) is 9.59 Å². The van der Waals surface area contributed by atoms with Crippen LogP contribution in [0.5, 0.6) is 5.75 Å². The number of hydrogen-bond acceptors (Lipinski definition) is 5. The van der Waals surface area contributed by atoms with Crippen molar-refractivity contribution in [2.45, 2.75) is 19.4 Å². The number of hydrogen-bond donors (Lipinski definition) is 1. The summed E-state index contributed by atoms with van der Waals surface area (Å²) >= 11 is 0. The number of anilines is 1. The minimum atomic E-state index is -0.335. The fourth-order valence-electron chi connectivity index (χ4n) is 2.63. The van der Waals surface area contributed by atoms with E-state index in [1.165, 1.54) is 10.8 Å². The Hall–Kier alpha value is -3.66. The number of aromatic nitrogens is 2. The van der Waals surface area contributed by atoms with E-state index in [2.05, 4.69) is 16.4 Å². The number of carbonyl (C=O) groups is 1. The van der Waals surface area contributed by atoms with Gasteiger partial charge in [0.1, 0.15) is 12.3 Å². The summed E-state index contributed by atoms with van der Waals surface area (Å²) in [7, 11) is 0. The predicted octanol–water partition coefficient (Wildman–Crippen LogP) is 2.72. The molecule has 1 amide bonds. The Labute approximate surface area is 155 Å². The highest BCUT2D eigenvalue weighted by Crippen LogP contribution is 2.18. The Bertz CT molecular complexity index is 1050. The van der Waals surface area contributed by atoms with Crippen LogP contribution in [0.1, 0.15) is 12.8 Å². The van der Waals surface area contributed by atoms with Crippen molar-refractivity contribution in [3.05, 3.63) is 65.1 Å². The summed E-state index contributed by atoms with van der Waals surface area (Å²) in [6, 6.07) is 16.2. The minimum Gasteiger partial charge on any atom is -0.493 e. The maximum Gasteiger partial charge on any atom is 0.269 e. The van der Waals surface area contributed by atoms with Crippen LogP contribution in [-0.2, 0) is 11.3 Å². The van der Waals surface area contributed by atoms with Gasteiger partial charge < -0.3 is 10.1 Å². The van der Waals surface area contributed by atoms with Gasteiger partial charge in [0, 0.05) is 18.2 Å². The second kappa shape index (κ2) is 8.63. The molecule has 0 aliphatic heterocycles. The average molecular weight is 362 g/mol. The summed E-state index contributed by atoms with van der Waals surface area (Å²) in [5.74, 6) is 0.285. The number of unbranched alkanes of at least 4 members (excludes halogenated alkanes) is 1.